The molecule has 1 aromatic heterocycles. The number of amides is 1. The number of hydrogen-bond donors (Lipinski definition) is 1. The van der Waals surface area contributed by atoms with Crippen molar-refractivity contribution in [2.75, 3.05) is 13.7 Å². The average molecular weight is 524 g/mol. The number of methoxy groups -OCH3 is 1. The van der Waals surface area contributed by atoms with E-state index in [4.69, 9.17) is 0 Å². The molecule has 1 heterocycles. The third kappa shape index (κ3) is 7.31. The molecule has 164 valence electrons. The minimum atomic E-state index is -4.34. The molecule has 4 nitrogen and oxygen atoms in total. The summed E-state index contributed by atoms with van der Waals surface area (Å²) in [6.45, 7) is 3.88. The summed E-state index contributed by atoms with van der Waals surface area (Å²) in [4.78, 5) is 24.8. The lowest BCUT2D eigenvalue weighted by Crippen LogP contribution is -2.25. The van der Waals surface area contributed by atoms with Crippen LogP contribution in [0.3, 0.4) is 0 Å². The molecule has 1 N–H and O–H groups in total. The summed E-state index contributed by atoms with van der Waals surface area (Å²) in [6, 6.07) is 6.76. The number of nitrogens with one attached hydrogen (secondary N) is 1. The standard InChI is InChI=1S/C20H21BrF3NO3S2/c1-11-8-13(9-12(2)18(11)21)29-16(10-20(22,23)24)14-4-5-15(30-14)19(27)25-7-6-17(26)28-3/h4-5,8-9,16H,6-7,10H2,1-3H3,(H,25,27). The second-order valence-corrected chi connectivity index (χ2v) is 9.77. The number of aryl methyl sites for hydroxylation is 2. The Morgan fingerprint density at radius 1 is 1.23 bits per heavy atom. The molecule has 0 saturated heterocycles. The Hall–Kier alpha value is -1.52. The van der Waals surface area contributed by atoms with Gasteiger partial charge in [0.2, 0.25) is 0 Å². The Bertz CT molecular complexity index is 892. The fourth-order valence-electron chi connectivity index (χ4n) is 2.66. The molecular weight excluding hydrogens is 503 g/mol. The van der Waals surface area contributed by atoms with Gasteiger partial charge in [-0.2, -0.15) is 13.2 Å². The third-order valence-electron chi connectivity index (χ3n) is 4.12. The molecule has 0 saturated carbocycles. The highest BCUT2D eigenvalue weighted by Gasteiger charge is 2.34. The molecule has 2 aromatic rings. The van der Waals surface area contributed by atoms with E-state index >= 15 is 0 Å². The smallest absolute Gasteiger partial charge is 0.390 e. The number of rotatable bonds is 8. The molecular formula is C20H21BrF3NO3S2. The molecule has 1 aromatic carbocycles. The van der Waals surface area contributed by atoms with Gasteiger partial charge in [-0.25, -0.2) is 0 Å². The van der Waals surface area contributed by atoms with Gasteiger partial charge in [-0.05, 0) is 49.2 Å². The molecule has 2 rings (SSSR count). The first-order chi connectivity index (χ1) is 14.0. The van der Waals surface area contributed by atoms with Crippen LogP contribution in [0.15, 0.2) is 33.6 Å². The number of thiophene rings is 1. The Balaban J connectivity index is 2.18. The highest BCUT2D eigenvalue weighted by Crippen LogP contribution is 2.45. The van der Waals surface area contributed by atoms with Crippen LogP contribution in [0.2, 0.25) is 0 Å². The van der Waals surface area contributed by atoms with E-state index < -0.39 is 29.7 Å². The van der Waals surface area contributed by atoms with Crippen molar-refractivity contribution in [1.82, 2.24) is 5.32 Å². The number of thioether (sulfide) groups is 1. The number of carbonyl (C=O) groups is 2. The van der Waals surface area contributed by atoms with Crippen LogP contribution in [-0.2, 0) is 9.53 Å². The molecule has 1 atom stereocenters. The van der Waals surface area contributed by atoms with E-state index in [2.05, 4.69) is 26.0 Å². The quantitative estimate of drug-likeness (QED) is 0.330. The molecule has 30 heavy (non-hydrogen) atoms. The summed E-state index contributed by atoms with van der Waals surface area (Å²) < 4.78 is 45.1. The zero-order valence-electron chi connectivity index (χ0n) is 16.6. The van der Waals surface area contributed by atoms with Crippen LogP contribution in [0.25, 0.3) is 0 Å². The molecule has 0 spiro atoms. The van der Waals surface area contributed by atoms with Crippen molar-refractivity contribution in [3.8, 4) is 0 Å². The second kappa shape index (κ2) is 10.7. The minimum absolute atomic E-state index is 0.0231. The molecule has 1 unspecified atom stereocenters. The van der Waals surface area contributed by atoms with Crippen molar-refractivity contribution in [2.24, 2.45) is 0 Å². The van der Waals surface area contributed by atoms with E-state index in [1.54, 1.807) is 6.07 Å². The van der Waals surface area contributed by atoms with Crippen molar-refractivity contribution in [2.45, 2.75) is 43.0 Å². The van der Waals surface area contributed by atoms with Gasteiger partial charge in [0.1, 0.15) is 0 Å². The fraction of sp³-hybridized carbons (Fsp3) is 0.400. The monoisotopic (exact) mass is 523 g/mol. The van der Waals surface area contributed by atoms with Gasteiger partial charge in [0.15, 0.2) is 0 Å². The molecule has 0 bridgehead atoms. The lowest BCUT2D eigenvalue weighted by atomic mass is 10.2. The van der Waals surface area contributed by atoms with E-state index in [-0.39, 0.29) is 13.0 Å². The van der Waals surface area contributed by atoms with Crippen LogP contribution in [0.4, 0.5) is 13.2 Å². The zero-order valence-corrected chi connectivity index (χ0v) is 19.8. The van der Waals surface area contributed by atoms with E-state index in [1.165, 1.54) is 13.2 Å². The van der Waals surface area contributed by atoms with Gasteiger partial charge < -0.3 is 10.1 Å². The number of benzene rings is 1. The van der Waals surface area contributed by atoms with Gasteiger partial charge in [-0.1, -0.05) is 15.9 Å². The second-order valence-electron chi connectivity index (χ2n) is 6.58. The topological polar surface area (TPSA) is 55.4 Å². The highest BCUT2D eigenvalue weighted by atomic mass is 79.9. The van der Waals surface area contributed by atoms with Gasteiger partial charge in [0.05, 0.1) is 30.1 Å². The predicted molar refractivity (Wildman–Crippen MR) is 116 cm³/mol. The van der Waals surface area contributed by atoms with Crippen molar-refractivity contribution in [1.29, 1.82) is 0 Å². The summed E-state index contributed by atoms with van der Waals surface area (Å²) in [5, 5.41) is 1.70. The van der Waals surface area contributed by atoms with E-state index in [0.717, 1.165) is 43.6 Å². The maximum absolute atomic E-state index is 13.2. The fourth-order valence-corrected chi connectivity index (χ4v) is 5.37. The van der Waals surface area contributed by atoms with Gasteiger partial charge in [-0.15, -0.1) is 23.1 Å². The summed E-state index contributed by atoms with van der Waals surface area (Å²) >= 11 is 5.63. The molecule has 0 aliphatic heterocycles. The largest absolute Gasteiger partial charge is 0.469 e. The van der Waals surface area contributed by atoms with Gasteiger partial charge >= 0.3 is 12.1 Å². The number of hydrogen-bond acceptors (Lipinski definition) is 5. The summed E-state index contributed by atoms with van der Waals surface area (Å²) in [6.07, 6.45) is -5.32. The van der Waals surface area contributed by atoms with Crippen molar-refractivity contribution in [3.63, 3.8) is 0 Å². The average Bonchev–Trinajstić information content (AvgIpc) is 3.14. The molecule has 10 heteroatoms. The Labute approximate surface area is 189 Å². The first-order valence-electron chi connectivity index (χ1n) is 8.95. The van der Waals surface area contributed by atoms with Crippen LogP contribution in [0, 0.1) is 13.8 Å². The summed E-state index contributed by atoms with van der Waals surface area (Å²) in [7, 11) is 1.25. The van der Waals surface area contributed by atoms with Crippen LogP contribution < -0.4 is 5.32 Å². The highest BCUT2D eigenvalue weighted by molar-refractivity contribution is 9.10. The maximum Gasteiger partial charge on any atom is 0.390 e. The maximum atomic E-state index is 13.2. The number of esters is 1. The van der Waals surface area contributed by atoms with E-state index in [9.17, 15) is 22.8 Å². The number of halogens is 4. The van der Waals surface area contributed by atoms with Crippen LogP contribution >= 0.6 is 39.0 Å². The predicted octanol–water partition coefficient (Wildman–Crippen LogP) is 6.21. The molecule has 1 amide bonds. The molecule has 0 fully saturated rings. The van der Waals surface area contributed by atoms with Gasteiger partial charge in [0, 0.05) is 20.8 Å². The minimum Gasteiger partial charge on any atom is -0.469 e. The SMILES string of the molecule is COC(=O)CCNC(=O)c1ccc(C(CC(F)(F)F)Sc2cc(C)c(Br)c(C)c2)s1. The molecule has 0 aliphatic rings. The third-order valence-corrected chi connectivity index (χ3v) is 7.93. The van der Waals surface area contributed by atoms with E-state index in [0.29, 0.717) is 9.75 Å². The first kappa shape index (κ1) is 24.7. The molecule has 0 aliphatic carbocycles. The lowest BCUT2D eigenvalue weighted by Gasteiger charge is -2.18. The summed E-state index contributed by atoms with van der Waals surface area (Å²) in [5.74, 6) is -0.884. The van der Waals surface area contributed by atoms with E-state index in [1.807, 2.05) is 26.0 Å². The van der Waals surface area contributed by atoms with Crippen LogP contribution in [0.1, 0.15) is 43.8 Å². The zero-order chi connectivity index (χ0) is 22.5. The number of ether oxygens (including phenoxy) is 1. The van der Waals surface area contributed by atoms with Gasteiger partial charge in [-0.3, -0.25) is 9.59 Å². The summed E-state index contributed by atoms with van der Waals surface area (Å²) in [5.41, 5.74) is 1.89. The van der Waals surface area contributed by atoms with Crippen molar-refractivity contribution >= 4 is 50.9 Å². The first-order valence-corrected chi connectivity index (χ1v) is 11.4. The van der Waals surface area contributed by atoms with Crippen LogP contribution in [0.5, 0.6) is 0 Å². The Morgan fingerprint density at radius 2 is 1.87 bits per heavy atom. The van der Waals surface area contributed by atoms with Crippen LogP contribution in [-0.4, -0.2) is 31.7 Å². The molecule has 0 radical (unpaired) electrons. The number of carbonyl (C=O) groups excluding carboxylic acids is 2. The Kier molecular flexibility index (Phi) is 8.81. The Morgan fingerprint density at radius 3 is 2.43 bits per heavy atom. The van der Waals surface area contributed by atoms with Crippen molar-refractivity contribution in [3.05, 3.63) is 49.6 Å². The van der Waals surface area contributed by atoms with Gasteiger partial charge in [0.25, 0.3) is 5.91 Å². The normalized spacial score (nSPS) is 12.5. The number of alkyl halides is 3. The van der Waals surface area contributed by atoms with Crippen molar-refractivity contribution < 1.29 is 27.5 Å². The lowest BCUT2D eigenvalue weighted by molar-refractivity contribution is -0.140.